The molecule has 3 aromatic rings. The Bertz CT molecular complexity index is 1050. The molecule has 0 bridgehead atoms. The fourth-order valence-corrected chi connectivity index (χ4v) is 3.53. The van der Waals surface area contributed by atoms with Gasteiger partial charge in [-0.05, 0) is 39.3 Å². The first-order chi connectivity index (χ1) is 14.7. The van der Waals surface area contributed by atoms with Crippen LogP contribution in [0.3, 0.4) is 0 Å². The lowest BCUT2D eigenvalue weighted by atomic mass is 10.1. The van der Waals surface area contributed by atoms with Gasteiger partial charge in [0.2, 0.25) is 0 Å². The third-order valence-electron chi connectivity index (χ3n) is 4.86. The van der Waals surface area contributed by atoms with Crippen LogP contribution in [-0.4, -0.2) is 49.4 Å². The number of carbonyl (C=O) groups is 1. The van der Waals surface area contributed by atoms with Crippen LogP contribution in [0.25, 0.3) is 22.3 Å². The van der Waals surface area contributed by atoms with Crippen LogP contribution in [0.2, 0.25) is 0 Å². The highest BCUT2D eigenvalue weighted by Gasteiger charge is 2.33. The van der Waals surface area contributed by atoms with E-state index < -0.39 is 5.60 Å². The quantitative estimate of drug-likeness (QED) is 0.597. The van der Waals surface area contributed by atoms with E-state index in [2.05, 4.69) is 9.97 Å². The minimum Gasteiger partial charge on any atom is -0.444 e. The van der Waals surface area contributed by atoms with Crippen molar-refractivity contribution in [2.24, 2.45) is 0 Å². The standard InChI is InChI=1S/C20H25N7O2.C2H6/c1-20(2,3)29-19(28)26-9-8-14(10-26)27-18-15(17(22)23-11-24-18)16(25-27)12-4-6-13(21)7-5-12;1-2/h4-7,11,14H,8-10,21H2,1-3H3,(H2,22,23,24);1-2H3. The van der Waals surface area contributed by atoms with Gasteiger partial charge in [0.15, 0.2) is 5.65 Å². The molecule has 0 saturated carbocycles. The average Bonchev–Trinajstić information content (AvgIpc) is 3.35. The van der Waals surface area contributed by atoms with Crippen LogP contribution in [0.5, 0.6) is 0 Å². The summed E-state index contributed by atoms with van der Waals surface area (Å²) in [7, 11) is 0. The minimum absolute atomic E-state index is 0.0261. The largest absolute Gasteiger partial charge is 0.444 e. The summed E-state index contributed by atoms with van der Waals surface area (Å²) in [4.78, 5) is 22.7. The van der Waals surface area contributed by atoms with Gasteiger partial charge in [-0.3, -0.25) is 0 Å². The van der Waals surface area contributed by atoms with E-state index >= 15 is 0 Å². The molecule has 2 aromatic heterocycles. The summed E-state index contributed by atoms with van der Waals surface area (Å²) in [6.07, 6.45) is 1.87. The lowest BCUT2D eigenvalue weighted by Crippen LogP contribution is -2.35. The normalized spacial score (nSPS) is 16.2. The van der Waals surface area contributed by atoms with Crippen molar-refractivity contribution in [3.63, 3.8) is 0 Å². The Morgan fingerprint density at radius 3 is 2.45 bits per heavy atom. The second-order valence-corrected chi connectivity index (χ2v) is 8.24. The summed E-state index contributed by atoms with van der Waals surface area (Å²) in [5.74, 6) is 0.370. The van der Waals surface area contributed by atoms with Crippen LogP contribution in [-0.2, 0) is 4.74 Å². The second-order valence-electron chi connectivity index (χ2n) is 8.24. The van der Waals surface area contributed by atoms with Crippen LogP contribution in [0, 0.1) is 0 Å². The van der Waals surface area contributed by atoms with Crippen LogP contribution in [0.4, 0.5) is 16.3 Å². The molecule has 3 heterocycles. The summed E-state index contributed by atoms with van der Waals surface area (Å²) in [6.45, 7) is 10.7. The zero-order valence-corrected chi connectivity index (χ0v) is 18.8. The molecule has 1 atom stereocenters. The lowest BCUT2D eigenvalue weighted by Gasteiger charge is -2.24. The number of nitrogen functional groups attached to an aromatic ring is 2. The van der Waals surface area contributed by atoms with Crippen molar-refractivity contribution in [2.75, 3.05) is 24.6 Å². The molecule has 1 unspecified atom stereocenters. The first kappa shape index (κ1) is 22.3. The molecule has 1 amide bonds. The van der Waals surface area contributed by atoms with E-state index in [1.807, 2.05) is 63.6 Å². The third kappa shape index (κ3) is 4.70. The molecule has 0 spiro atoms. The molecule has 9 heteroatoms. The number of rotatable bonds is 2. The van der Waals surface area contributed by atoms with Gasteiger partial charge in [0.25, 0.3) is 0 Å². The molecule has 4 rings (SSSR count). The van der Waals surface area contributed by atoms with Crippen LogP contribution in [0.1, 0.15) is 47.1 Å². The molecule has 31 heavy (non-hydrogen) atoms. The zero-order valence-electron chi connectivity index (χ0n) is 18.8. The summed E-state index contributed by atoms with van der Waals surface area (Å²) in [5, 5.41) is 5.52. The summed E-state index contributed by atoms with van der Waals surface area (Å²) < 4.78 is 7.35. The predicted octanol–water partition coefficient (Wildman–Crippen LogP) is 3.87. The van der Waals surface area contributed by atoms with Crippen molar-refractivity contribution >= 4 is 28.6 Å². The van der Waals surface area contributed by atoms with Crippen molar-refractivity contribution < 1.29 is 9.53 Å². The summed E-state index contributed by atoms with van der Waals surface area (Å²) in [5.41, 5.74) is 14.4. The van der Waals surface area contributed by atoms with E-state index in [9.17, 15) is 4.79 Å². The van der Waals surface area contributed by atoms with Gasteiger partial charge in [0.1, 0.15) is 23.4 Å². The van der Waals surface area contributed by atoms with E-state index in [-0.39, 0.29) is 12.1 Å². The van der Waals surface area contributed by atoms with Crippen molar-refractivity contribution in [1.82, 2.24) is 24.6 Å². The van der Waals surface area contributed by atoms with Crippen LogP contribution >= 0.6 is 0 Å². The first-order valence-corrected chi connectivity index (χ1v) is 10.6. The molecule has 0 radical (unpaired) electrons. The minimum atomic E-state index is -0.530. The number of hydrogen-bond acceptors (Lipinski definition) is 7. The van der Waals surface area contributed by atoms with E-state index in [4.69, 9.17) is 21.3 Å². The summed E-state index contributed by atoms with van der Waals surface area (Å²) >= 11 is 0. The van der Waals surface area contributed by atoms with E-state index in [1.165, 1.54) is 6.33 Å². The van der Waals surface area contributed by atoms with Gasteiger partial charge in [0, 0.05) is 24.3 Å². The molecular weight excluding hydrogens is 394 g/mol. The SMILES string of the molecule is CC.CC(C)(C)OC(=O)N1CCC(n2nc(-c3ccc(N)cc3)c3c(N)ncnc32)C1. The third-order valence-corrected chi connectivity index (χ3v) is 4.86. The van der Waals surface area contributed by atoms with Gasteiger partial charge in [-0.25, -0.2) is 19.4 Å². The number of likely N-dealkylation sites (tertiary alicyclic amines) is 1. The van der Waals surface area contributed by atoms with Gasteiger partial charge in [-0.2, -0.15) is 5.10 Å². The number of amides is 1. The maximum Gasteiger partial charge on any atom is 0.410 e. The van der Waals surface area contributed by atoms with Crippen molar-refractivity contribution in [3.8, 4) is 11.3 Å². The second kappa shape index (κ2) is 8.79. The number of ether oxygens (including phenoxy) is 1. The molecule has 1 aliphatic rings. The molecule has 1 fully saturated rings. The number of nitrogens with two attached hydrogens (primary N) is 2. The maximum absolute atomic E-state index is 12.4. The number of nitrogens with zero attached hydrogens (tertiary/aromatic N) is 5. The Kier molecular flexibility index (Phi) is 6.33. The molecule has 166 valence electrons. The fraction of sp³-hybridized carbons (Fsp3) is 0.455. The van der Waals surface area contributed by atoms with Gasteiger partial charge in [-0.1, -0.05) is 26.0 Å². The molecule has 1 saturated heterocycles. The Labute approximate surface area is 182 Å². The number of hydrogen-bond donors (Lipinski definition) is 2. The number of aromatic nitrogens is 4. The van der Waals surface area contributed by atoms with E-state index in [0.29, 0.717) is 41.3 Å². The Hall–Kier alpha value is -3.36. The van der Waals surface area contributed by atoms with Gasteiger partial charge in [0.05, 0.1) is 11.4 Å². The zero-order chi connectivity index (χ0) is 22.8. The topological polar surface area (TPSA) is 125 Å². The number of fused-ring (bicyclic) bond motifs is 1. The van der Waals surface area contributed by atoms with Crippen molar-refractivity contribution in [3.05, 3.63) is 30.6 Å². The van der Waals surface area contributed by atoms with Gasteiger partial charge in [-0.15, -0.1) is 0 Å². The number of benzene rings is 1. The number of anilines is 2. The molecular formula is C22H31N7O2. The lowest BCUT2D eigenvalue weighted by molar-refractivity contribution is 0.0288. The van der Waals surface area contributed by atoms with Crippen molar-refractivity contribution in [2.45, 2.75) is 52.7 Å². The van der Waals surface area contributed by atoms with Crippen LogP contribution < -0.4 is 11.5 Å². The highest BCUT2D eigenvalue weighted by Crippen LogP contribution is 2.34. The molecule has 1 aliphatic heterocycles. The van der Waals surface area contributed by atoms with Gasteiger partial charge >= 0.3 is 6.09 Å². The van der Waals surface area contributed by atoms with Crippen LogP contribution in [0.15, 0.2) is 30.6 Å². The Balaban J connectivity index is 0.00000132. The highest BCUT2D eigenvalue weighted by atomic mass is 16.6. The molecule has 9 nitrogen and oxygen atoms in total. The fourth-order valence-electron chi connectivity index (χ4n) is 3.53. The monoisotopic (exact) mass is 425 g/mol. The van der Waals surface area contributed by atoms with E-state index in [1.54, 1.807) is 4.90 Å². The molecule has 0 aliphatic carbocycles. The Morgan fingerprint density at radius 2 is 1.81 bits per heavy atom. The maximum atomic E-state index is 12.4. The molecule has 1 aromatic carbocycles. The number of carbonyl (C=O) groups excluding carboxylic acids is 1. The highest BCUT2D eigenvalue weighted by molar-refractivity contribution is 5.98. The van der Waals surface area contributed by atoms with E-state index in [0.717, 1.165) is 12.0 Å². The van der Waals surface area contributed by atoms with Crippen molar-refractivity contribution in [1.29, 1.82) is 0 Å². The first-order valence-electron chi connectivity index (χ1n) is 10.6. The predicted molar refractivity (Wildman–Crippen MR) is 122 cm³/mol. The smallest absolute Gasteiger partial charge is 0.410 e. The molecule has 4 N–H and O–H groups in total. The van der Waals surface area contributed by atoms with Gasteiger partial charge < -0.3 is 21.1 Å². The average molecular weight is 426 g/mol. The summed E-state index contributed by atoms with van der Waals surface area (Å²) in [6, 6.07) is 7.41. The Morgan fingerprint density at radius 1 is 1.13 bits per heavy atom.